The number of carboxylic acid groups (broad SMARTS) is 1. The average Bonchev–Trinajstić information content (AvgIpc) is 2.71. The molecule has 1 heterocycles. The Kier molecular flexibility index (Phi) is 5.32. The van der Waals surface area contributed by atoms with Crippen molar-refractivity contribution in [3.8, 4) is 0 Å². The first-order chi connectivity index (χ1) is 9.19. The third-order valence-electron chi connectivity index (χ3n) is 2.22. The number of carbonyl (C=O) groups excluding carboxylic acids is 1. The minimum absolute atomic E-state index is 0.177. The lowest BCUT2D eigenvalue weighted by molar-refractivity contribution is -0.138. The summed E-state index contributed by atoms with van der Waals surface area (Å²) in [5, 5.41) is 12.3. The molecule has 0 aliphatic rings. The van der Waals surface area contributed by atoms with Crippen molar-refractivity contribution in [2.75, 3.05) is 0 Å². The Hall–Kier alpha value is -1.83. The summed E-state index contributed by atoms with van der Waals surface area (Å²) in [6.07, 6.45) is -3.39. The predicted molar refractivity (Wildman–Crippen MR) is 68.6 cm³/mol. The van der Waals surface area contributed by atoms with Crippen LogP contribution in [0.2, 0.25) is 0 Å². The second-order valence-electron chi connectivity index (χ2n) is 4.07. The van der Waals surface area contributed by atoms with Gasteiger partial charge < -0.3 is 10.4 Å². The predicted octanol–water partition coefficient (Wildman–Crippen LogP) is 2.92. The number of carbonyl (C=O) groups is 2. The first-order valence-corrected chi connectivity index (χ1v) is 6.43. The lowest BCUT2D eigenvalue weighted by atomic mass is 10.2. The zero-order valence-electron chi connectivity index (χ0n) is 10.4. The molecule has 8 heteroatoms. The van der Waals surface area contributed by atoms with Gasteiger partial charge in [0, 0.05) is 12.1 Å². The summed E-state index contributed by atoms with van der Waals surface area (Å²) in [7, 11) is 0. The highest BCUT2D eigenvalue weighted by Gasteiger charge is 2.30. The molecule has 2 N–H and O–H groups in total. The molecule has 0 bridgehead atoms. The number of rotatable bonds is 5. The number of hydrogen-bond donors (Lipinski definition) is 2. The van der Waals surface area contributed by atoms with Crippen molar-refractivity contribution in [1.29, 1.82) is 0 Å². The van der Waals surface area contributed by atoms with Gasteiger partial charge in [0.25, 0.3) is 5.91 Å². The molecule has 1 aromatic heterocycles. The maximum atomic E-state index is 12.2. The summed E-state index contributed by atoms with van der Waals surface area (Å²) in [6, 6.07) is 0.467. The lowest BCUT2D eigenvalue weighted by Crippen LogP contribution is -2.35. The van der Waals surface area contributed by atoms with Gasteiger partial charge in [0.15, 0.2) is 0 Å². The molecule has 1 unspecified atom stereocenters. The molecule has 1 atom stereocenters. The van der Waals surface area contributed by atoms with Crippen LogP contribution in [0.4, 0.5) is 13.2 Å². The normalized spacial score (nSPS) is 13.4. The van der Waals surface area contributed by atoms with Crippen molar-refractivity contribution in [1.82, 2.24) is 5.32 Å². The molecule has 110 valence electrons. The number of amides is 1. The van der Waals surface area contributed by atoms with E-state index in [1.54, 1.807) is 5.38 Å². The molecule has 1 rings (SSSR count). The molecule has 4 nitrogen and oxygen atoms in total. The van der Waals surface area contributed by atoms with Crippen LogP contribution in [-0.4, -0.2) is 29.2 Å². The molecule has 0 saturated carbocycles. The van der Waals surface area contributed by atoms with Crippen molar-refractivity contribution < 1.29 is 27.9 Å². The Morgan fingerprint density at radius 1 is 1.50 bits per heavy atom. The average molecular weight is 307 g/mol. The Bertz CT molecular complexity index is 522. The first kappa shape index (κ1) is 16.2. The first-order valence-electron chi connectivity index (χ1n) is 5.55. The fourth-order valence-corrected chi connectivity index (χ4v) is 2.27. The van der Waals surface area contributed by atoms with E-state index < -0.39 is 30.5 Å². The van der Waals surface area contributed by atoms with E-state index in [0.717, 1.165) is 17.4 Å². The zero-order valence-corrected chi connectivity index (χ0v) is 11.2. The maximum Gasteiger partial charge on any atom is 0.391 e. The van der Waals surface area contributed by atoms with E-state index in [4.69, 9.17) is 5.11 Å². The van der Waals surface area contributed by atoms with Gasteiger partial charge in [-0.05, 0) is 30.0 Å². The van der Waals surface area contributed by atoms with E-state index in [-0.39, 0.29) is 4.88 Å². The number of aliphatic carboxylic acids is 1. The summed E-state index contributed by atoms with van der Waals surface area (Å²) in [6.45, 7) is 1.26. The van der Waals surface area contributed by atoms with E-state index in [2.05, 4.69) is 5.32 Å². The van der Waals surface area contributed by atoms with E-state index in [1.807, 2.05) is 0 Å². The summed E-state index contributed by atoms with van der Waals surface area (Å²) >= 11 is 1.03. The van der Waals surface area contributed by atoms with Crippen LogP contribution >= 0.6 is 11.3 Å². The standard InChI is InChI=1S/C12H12F3NO3S/c1-7(6-12(13,14)15)16-11(19)10-8(4-5-20-10)2-3-9(17)18/h2-5,7H,6H2,1H3,(H,16,19)(H,17,18)/b3-2+. The smallest absolute Gasteiger partial charge is 0.391 e. The van der Waals surface area contributed by atoms with E-state index in [1.165, 1.54) is 19.1 Å². The van der Waals surface area contributed by atoms with Gasteiger partial charge in [0.1, 0.15) is 0 Å². The van der Waals surface area contributed by atoms with Gasteiger partial charge in [-0.1, -0.05) is 0 Å². The topological polar surface area (TPSA) is 66.4 Å². The number of halogens is 3. The Balaban J connectivity index is 2.74. The molecule has 0 saturated heterocycles. The highest BCUT2D eigenvalue weighted by atomic mass is 32.1. The molecule has 0 aliphatic heterocycles. The van der Waals surface area contributed by atoms with Crippen LogP contribution in [0.3, 0.4) is 0 Å². The van der Waals surface area contributed by atoms with Crippen LogP contribution < -0.4 is 5.32 Å². The van der Waals surface area contributed by atoms with Crippen LogP contribution in [0.1, 0.15) is 28.6 Å². The van der Waals surface area contributed by atoms with E-state index in [0.29, 0.717) is 5.56 Å². The maximum absolute atomic E-state index is 12.2. The fraction of sp³-hybridized carbons (Fsp3) is 0.333. The monoisotopic (exact) mass is 307 g/mol. The molecule has 1 amide bonds. The SMILES string of the molecule is CC(CC(F)(F)F)NC(=O)c1sccc1/C=C/C(=O)O. The Labute approximate surface area is 116 Å². The van der Waals surface area contributed by atoms with Gasteiger partial charge in [-0.3, -0.25) is 4.79 Å². The van der Waals surface area contributed by atoms with Crippen LogP contribution in [-0.2, 0) is 4.79 Å². The molecule has 0 aliphatic carbocycles. The molecule has 0 aromatic carbocycles. The minimum atomic E-state index is -4.35. The van der Waals surface area contributed by atoms with Gasteiger partial charge in [0.05, 0.1) is 11.3 Å². The zero-order chi connectivity index (χ0) is 15.3. The second-order valence-corrected chi connectivity index (χ2v) is 4.99. The third kappa shape index (κ3) is 5.43. The van der Waals surface area contributed by atoms with Crippen LogP contribution in [0.15, 0.2) is 17.5 Å². The molecule has 20 heavy (non-hydrogen) atoms. The Morgan fingerprint density at radius 3 is 2.70 bits per heavy atom. The van der Waals surface area contributed by atoms with Crippen LogP contribution in [0, 0.1) is 0 Å². The summed E-state index contributed by atoms with van der Waals surface area (Å²) in [5.41, 5.74) is 0.356. The molecule has 0 fully saturated rings. The highest BCUT2D eigenvalue weighted by molar-refractivity contribution is 7.12. The quantitative estimate of drug-likeness (QED) is 0.822. The van der Waals surface area contributed by atoms with Crippen molar-refractivity contribution in [2.24, 2.45) is 0 Å². The van der Waals surface area contributed by atoms with Crippen LogP contribution in [0.5, 0.6) is 0 Å². The molecular weight excluding hydrogens is 295 g/mol. The van der Waals surface area contributed by atoms with Crippen molar-refractivity contribution in [3.05, 3.63) is 28.0 Å². The molecule has 1 aromatic rings. The minimum Gasteiger partial charge on any atom is -0.478 e. The fourth-order valence-electron chi connectivity index (χ4n) is 1.48. The number of alkyl halides is 3. The van der Waals surface area contributed by atoms with Gasteiger partial charge in [0.2, 0.25) is 0 Å². The van der Waals surface area contributed by atoms with Crippen LogP contribution in [0.25, 0.3) is 6.08 Å². The number of carboxylic acids is 1. The largest absolute Gasteiger partial charge is 0.478 e. The van der Waals surface area contributed by atoms with E-state index >= 15 is 0 Å². The van der Waals surface area contributed by atoms with Gasteiger partial charge in [-0.25, -0.2) is 4.79 Å². The summed E-state index contributed by atoms with van der Waals surface area (Å²) in [4.78, 5) is 22.4. The van der Waals surface area contributed by atoms with Gasteiger partial charge in [-0.2, -0.15) is 13.2 Å². The van der Waals surface area contributed by atoms with Gasteiger partial charge in [-0.15, -0.1) is 11.3 Å². The lowest BCUT2D eigenvalue weighted by Gasteiger charge is -2.15. The highest BCUT2D eigenvalue weighted by Crippen LogP contribution is 2.22. The second kappa shape index (κ2) is 6.56. The molecule has 0 spiro atoms. The number of nitrogens with one attached hydrogen (secondary N) is 1. The van der Waals surface area contributed by atoms with E-state index in [9.17, 15) is 22.8 Å². The number of hydrogen-bond acceptors (Lipinski definition) is 3. The van der Waals surface area contributed by atoms with Crippen molar-refractivity contribution >= 4 is 29.3 Å². The van der Waals surface area contributed by atoms with Crippen molar-refractivity contribution in [3.63, 3.8) is 0 Å². The number of thiophene rings is 1. The summed E-state index contributed by atoms with van der Waals surface area (Å²) < 4.78 is 36.5. The third-order valence-corrected chi connectivity index (χ3v) is 3.15. The van der Waals surface area contributed by atoms with Gasteiger partial charge >= 0.3 is 12.1 Å². The molecular formula is C12H12F3NO3S. The summed E-state index contributed by atoms with van der Waals surface area (Å²) in [5.74, 6) is -1.82. The van der Waals surface area contributed by atoms with Crippen molar-refractivity contribution in [2.45, 2.75) is 25.6 Å². The molecule has 0 radical (unpaired) electrons. The Morgan fingerprint density at radius 2 is 2.15 bits per heavy atom.